The Morgan fingerprint density at radius 1 is 1.18 bits per heavy atom. The third-order valence-electron chi connectivity index (χ3n) is 5.49. The molecular weight excluding hydrogens is 357 g/mol. The third kappa shape index (κ3) is 3.84. The first-order valence-electron chi connectivity index (χ1n) is 9.80. The van der Waals surface area contributed by atoms with Crippen molar-refractivity contribution in [3.8, 4) is 11.5 Å². The number of carbonyl (C=O) groups is 1. The van der Waals surface area contributed by atoms with Gasteiger partial charge >= 0.3 is 0 Å². The number of ether oxygens (including phenoxy) is 2. The monoisotopic (exact) mass is 385 g/mol. The van der Waals surface area contributed by atoms with Gasteiger partial charge in [0.1, 0.15) is 5.82 Å². The van der Waals surface area contributed by atoms with Gasteiger partial charge in [-0.2, -0.15) is 0 Å². The number of fused-ring (bicyclic) bond motifs is 1. The Labute approximate surface area is 166 Å². The molecule has 0 spiro atoms. The predicted molar refractivity (Wildman–Crippen MR) is 107 cm³/mol. The highest BCUT2D eigenvalue weighted by Gasteiger charge is 2.34. The second-order valence-corrected chi connectivity index (χ2v) is 7.33. The van der Waals surface area contributed by atoms with Crippen LogP contribution in [-0.2, 0) is 11.2 Å². The first-order valence-corrected chi connectivity index (χ1v) is 9.80. The summed E-state index contributed by atoms with van der Waals surface area (Å²) in [5.41, 5.74) is 3.03. The Morgan fingerprint density at radius 2 is 1.82 bits per heavy atom. The lowest BCUT2D eigenvalue weighted by atomic mass is 9.86. The summed E-state index contributed by atoms with van der Waals surface area (Å²) >= 11 is 0. The van der Waals surface area contributed by atoms with Gasteiger partial charge in [0, 0.05) is 12.5 Å². The molecule has 0 fully saturated rings. The molecule has 2 aromatic carbocycles. The summed E-state index contributed by atoms with van der Waals surface area (Å²) in [6, 6.07) is 10.1. The van der Waals surface area contributed by atoms with Gasteiger partial charge in [0.2, 0.25) is 5.91 Å². The van der Waals surface area contributed by atoms with E-state index in [9.17, 15) is 9.18 Å². The standard InChI is InChI=1S/C23H28FNO3/c1-5-6-15(2)23(26)25-12-11-17-13-20(27-3)21(28-4)14-19(17)22(25)16-7-9-18(24)10-8-16/h7-10,13-15,22H,5-6,11-12H2,1-4H3/t15-,22+/m0/s1. The Balaban J connectivity index is 2.11. The van der Waals surface area contributed by atoms with Crippen molar-refractivity contribution in [2.45, 2.75) is 39.2 Å². The van der Waals surface area contributed by atoms with Crippen LogP contribution in [0.4, 0.5) is 4.39 Å². The van der Waals surface area contributed by atoms with E-state index < -0.39 is 0 Å². The average molecular weight is 385 g/mol. The molecular formula is C23H28FNO3. The number of benzene rings is 2. The molecule has 1 aliphatic heterocycles. The van der Waals surface area contributed by atoms with Gasteiger partial charge in [-0.25, -0.2) is 4.39 Å². The fourth-order valence-corrected chi connectivity index (χ4v) is 4.03. The smallest absolute Gasteiger partial charge is 0.226 e. The molecule has 28 heavy (non-hydrogen) atoms. The van der Waals surface area contributed by atoms with Crippen molar-refractivity contribution in [3.63, 3.8) is 0 Å². The molecule has 2 aromatic rings. The Bertz CT molecular complexity index is 834. The molecule has 0 saturated carbocycles. The number of amides is 1. The minimum atomic E-state index is -0.288. The number of methoxy groups -OCH3 is 2. The molecule has 0 unspecified atom stereocenters. The zero-order chi connectivity index (χ0) is 20.3. The molecule has 1 amide bonds. The van der Waals surface area contributed by atoms with E-state index in [2.05, 4.69) is 6.92 Å². The minimum absolute atomic E-state index is 0.0466. The third-order valence-corrected chi connectivity index (χ3v) is 5.49. The van der Waals surface area contributed by atoms with E-state index >= 15 is 0 Å². The van der Waals surface area contributed by atoms with Crippen molar-refractivity contribution in [1.82, 2.24) is 4.90 Å². The molecule has 0 saturated heterocycles. The molecule has 3 rings (SSSR count). The van der Waals surface area contributed by atoms with Crippen LogP contribution in [-0.4, -0.2) is 31.6 Å². The molecule has 0 bridgehead atoms. The zero-order valence-corrected chi connectivity index (χ0v) is 17.0. The lowest BCUT2D eigenvalue weighted by Gasteiger charge is -2.39. The van der Waals surface area contributed by atoms with Crippen molar-refractivity contribution in [3.05, 3.63) is 58.9 Å². The van der Waals surface area contributed by atoms with E-state index in [-0.39, 0.29) is 23.7 Å². The van der Waals surface area contributed by atoms with E-state index in [0.29, 0.717) is 18.0 Å². The molecule has 1 heterocycles. The summed E-state index contributed by atoms with van der Waals surface area (Å²) in [6.07, 6.45) is 2.56. The van der Waals surface area contributed by atoms with Crippen molar-refractivity contribution in [2.75, 3.05) is 20.8 Å². The Kier molecular flexibility index (Phi) is 6.22. The first-order chi connectivity index (χ1) is 13.5. The Hall–Kier alpha value is -2.56. The fourth-order valence-electron chi connectivity index (χ4n) is 4.03. The van der Waals surface area contributed by atoms with Gasteiger partial charge in [-0.1, -0.05) is 32.4 Å². The minimum Gasteiger partial charge on any atom is -0.493 e. The normalized spacial score (nSPS) is 17.0. The molecule has 0 N–H and O–H groups in total. The number of nitrogens with zero attached hydrogens (tertiary/aromatic N) is 1. The Morgan fingerprint density at radius 3 is 2.43 bits per heavy atom. The highest BCUT2D eigenvalue weighted by Crippen LogP contribution is 2.41. The zero-order valence-electron chi connectivity index (χ0n) is 17.0. The van der Waals surface area contributed by atoms with E-state index in [1.807, 2.05) is 24.0 Å². The molecule has 0 aromatic heterocycles. The van der Waals surface area contributed by atoms with E-state index in [1.165, 1.54) is 12.1 Å². The van der Waals surface area contributed by atoms with Crippen LogP contribution in [0.1, 0.15) is 49.4 Å². The first kappa shape index (κ1) is 20.2. The molecule has 150 valence electrons. The number of carbonyl (C=O) groups excluding carboxylic acids is 1. The van der Waals surface area contributed by atoms with E-state index in [1.54, 1.807) is 26.4 Å². The number of rotatable bonds is 6. The van der Waals surface area contributed by atoms with Crippen LogP contribution in [0.2, 0.25) is 0 Å². The molecule has 0 radical (unpaired) electrons. The van der Waals surface area contributed by atoms with Gasteiger partial charge in [-0.15, -0.1) is 0 Å². The lowest BCUT2D eigenvalue weighted by molar-refractivity contribution is -0.137. The fraction of sp³-hybridized carbons (Fsp3) is 0.435. The van der Waals surface area contributed by atoms with Gasteiger partial charge in [0.15, 0.2) is 11.5 Å². The second-order valence-electron chi connectivity index (χ2n) is 7.33. The highest BCUT2D eigenvalue weighted by molar-refractivity contribution is 5.80. The molecule has 5 heteroatoms. The van der Waals surface area contributed by atoms with Crippen LogP contribution in [0, 0.1) is 11.7 Å². The maximum Gasteiger partial charge on any atom is 0.226 e. The van der Waals surface area contributed by atoms with Crippen molar-refractivity contribution >= 4 is 5.91 Å². The summed E-state index contributed by atoms with van der Waals surface area (Å²) in [6.45, 7) is 4.69. The van der Waals surface area contributed by atoms with Crippen LogP contribution < -0.4 is 9.47 Å². The van der Waals surface area contributed by atoms with Crippen LogP contribution in [0.5, 0.6) is 11.5 Å². The molecule has 4 nitrogen and oxygen atoms in total. The van der Waals surface area contributed by atoms with Gasteiger partial charge < -0.3 is 14.4 Å². The van der Waals surface area contributed by atoms with Crippen LogP contribution in [0.15, 0.2) is 36.4 Å². The lowest BCUT2D eigenvalue weighted by Crippen LogP contribution is -2.43. The van der Waals surface area contributed by atoms with Crippen molar-refractivity contribution in [2.24, 2.45) is 5.92 Å². The maximum absolute atomic E-state index is 13.5. The largest absolute Gasteiger partial charge is 0.493 e. The van der Waals surface area contributed by atoms with Gasteiger partial charge in [-0.3, -0.25) is 4.79 Å². The second kappa shape index (κ2) is 8.63. The molecule has 2 atom stereocenters. The van der Waals surface area contributed by atoms with E-state index in [0.717, 1.165) is 36.0 Å². The van der Waals surface area contributed by atoms with Crippen molar-refractivity contribution < 1.29 is 18.7 Å². The summed E-state index contributed by atoms with van der Waals surface area (Å²) in [5.74, 6) is 1.11. The van der Waals surface area contributed by atoms with Crippen LogP contribution >= 0.6 is 0 Å². The number of hydrogen-bond donors (Lipinski definition) is 0. The van der Waals surface area contributed by atoms with Gasteiger partial charge in [0.05, 0.1) is 20.3 Å². The topological polar surface area (TPSA) is 38.8 Å². The highest BCUT2D eigenvalue weighted by atomic mass is 19.1. The molecule has 1 aliphatic rings. The summed E-state index contributed by atoms with van der Waals surface area (Å²) < 4.78 is 24.5. The number of hydrogen-bond acceptors (Lipinski definition) is 3. The SMILES string of the molecule is CCC[C@H](C)C(=O)N1CCc2cc(OC)c(OC)cc2[C@H]1c1ccc(F)cc1. The summed E-state index contributed by atoms with van der Waals surface area (Å²) in [5, 5.41) is 0. The van der Waals surface area contributed by atoms with Crippen molar-refractivity contribution in [1.29, 1.82) is 0 Å². The summed E-state index contributed by atoms with van der Waals surface area (Å²) in [7, 11) is 3.22. The number of halogens is 1. The quantitative estimate of drug-likeness (QED) is 0.720. The predicted octanol–water partition coefficient (Wildman–Crippen LogP) is 4.75. The maximum atomic E-state index is 13.5. The molecule has 0 aliphatic carbocycles. The van der Waals surface area contributed by atoms with Gasteiger partial charge in [0.25, 0.3) is 0 Å². The average Bonchev–Trinajstić information content (AvgIpc) is 2.72. The van der Waals surface area contributed by atoms with Crippen LogP contribution in [0.25, 0.3) is 0 Å². The van der Waals surface area contributed by atoms with Gasteiger partial charge in [-0.05, 0) is 53.8 Å². The van der Waals surface area contributed by atoms with Crippen LogP contribution in [0.3, 0.4) is 0 Å². The van der Waals surface area contributed by atoms with E-state index in [4.69, 9.17) is 9.47 Å². The summed E-state index contributed by atoms with van der Waals surface area (Å²) in [4.78, 5) is 15.2.